The highest BCUT2D eigenvalue weighted by atomic mass is 35.5. The highest BCUT2D eigenvalue weighted by molar-refractivity contribution is 6.64. The highest BCUT2D eigenvalue weighted by Crippen LogP contribution is 2.23. The number of ether oxygens (including phenoxy) is 2. The lowest BCUT2D eigenvalue weighted by atomic mass is 10.0. The fourth-order valence-corrected chi connectivity index (χ4v) is 1.25. The summed E-state index contributed by atoms with van der Waals surface area (Å²) >= 11 is 5.31. The summed E-state index contributed by atoms with van der Waals surface area (Å²) in [6, 6.07) is 0. The van der Waals surface area contributed by atoms with Crippen molar-refractivity contribution in [3.63, 3.8) is 0 Å². The number of halogens is 1. The molecule has 0 saturated carbocycles. The van der Waals surface area contributed by atoms with Crippen LogP contribution < -0.4 is 0 Å². The number of carbonyl (C=O) groups is 1. The van der Waals surface area contributed by atoms with Crippen molar-refractivity contribution in [3.05, 3.63) is 24.3 Å². The molecule has 0 fully saturated rings. The van der Waals surface area contributed by atoms with Gasteiger partial charge in [-0.05, 0) is 23.8 Å². The molecule has 0 amide bonds. The van der Waals surface area contributed by atoms with E-state index in [4.69, 9.17) is 21.1 Å². The number of carbonyl (C=O) groups excluding carboxylic acids is 1. The molecule has 0 aliphatic heterocycles. The van der Waals surface area contributed by atoms with Gasteiger partial charge in [0.25, 0.3) is 0 Å². The summed E-state index contributed by atoms with van der Waals surface area (Å²) in [4.78, 5) is 10.8. The van der Waals surface area contributed by atoms with Gasteiger partial charge in [-0.1, -0.05) is 12.2 Å². The van der Waals surface area contributed by atoms with Crippen LogP contribution in [0, 0.1) is 5.92 Å². The van der Waals surface area contributed by atoms with Gasteiger partial charge in [0.05, 0.1) is 5.92 Å². The Hall–Kier alpha value is -0.640. The first-order valence-electron chi connectivity index (χ1n) is 3.82. The van der Waals surface area contributed by atoms with Crippen LogP contribution in [0.4, 0.5) is 0 Å². The lowest BCUT2D eigenvalue weighted by Crippen LogP contribution is -2.31. The van der Waals surface area contributed by atoms with Crippen molar-refractivity contribution in [2.24, 2.45) is 5.92 Å². The lowest BCUT2D eigenvalue weighted by Gasteiger charge is -2.26. The van der Waals surface area contributed by atoms with Gasteiger partial charge in [0.15, 0.2) is 0 Å². The smallest absolute Gasteiger partial charge is 0.232 e. The zero-order chi connectivity index (χ0) is 9.90. The van der Waals surface area contributed by atoms with E-state index < -0.39 is 11.0 Å². The molecule has 0 heterocycles. The van der Waals surface area contributed by atoms with E-state index in [1.54, 1.807) is 24.3 Å². The summed E-state index contributed by atoms with van der Waals surface area (Å²) in [6.45, 7) is 0. The van der Waals surface area contributed by atoms with Crippen LogP contribution in [0.5, 0.6) is 0 Å². The zero-order valence-electron chi connectivity index (χ0n) is 7.49. The first kappa shape index (κ1) is 10.4. The highest BCUT2D eigenvalue weighted by Gasteiger charge is 2.27. The molecule has 72 valence electrons. The molecule has 0 bridgehead atoms. The minimum atomic E-state index is -0.844. The van der Waals surface area contributed by atoms with Gasteiger partial charge >= 0.3 is 0 Å². The Morgan fingerprint density at radius 2 is 1.77 bits per heavy atom. The summed E-state index contributed by atoms with van der Waals surface area (Å²) in [5, 5.41) is -0.409. The number of hydrogen-bond donors (Lipinski definition) is 0. The van der Waals surface area contributed by atoms with Crippen molar-refractivity contribution in [3.8, 4) is 0 Å². The minimum Gasteiger partial charge on any atom is -0.346 e. The Kier molecular flexibility index (Phi) is 3.25. The molecule has 0 saturated heterocycles. The molecule has 3 nitrogen and oxygen atoms in total. The van der Waals surface area contributed by atoms with Crippen molar-refractivity contribution in [1.29, 1.82) is 0 Å². The number of rotatable bonds is 3. The van der Waals surface area contributed by atoms with E-state index in [1.807, 2.05) is 0 Å². The average Bonchev–Trinajstić information content (AvgIpc) is 2.18. The number of allylic oxidation sites excluding steroid dienone is 2. The molecule has 1 aliphatic carbocycles. The molecular weight excluding hydrogens is 192 g/mol. The Labute approximate surface area is 82.0 Å². The summed E-state index contributed by atoms with van der Waals surface area (Å²) < 4.78 is 10.2. The van der Waals surface area contributed by atoms with E-state index >= 15 is 0 Å². The third kappa shape index (κ3) is 2.18. The third-order valence-electron chi connectivity index (χ3n) is 1.97. The molecule has 0 N–H and O–H groups in total. The fraction of sp³-hybridized carbons (Fsp3) is 0.444. The predicted molar refractivity (Wildman–Crippen MR) is 49.4 cm³/mol. The first-order valence-corrected chi connectivity index (χ1v) is 4.20. The molecule has 0 unspecified atom stereocenters. The van der Waals surface area contributed by atoms with Crippen LogP contribution in [0.3, 0.4) is 0 Å². The van der Waals surface area contributed by atoms with Gasteiger partial charge in [-0.15, -0.1) is 0 Å². The van der Waals surface area contributed by atoms with Gasteiger partial charge in [-0.3, -0.25) is 4.79 Å². The summed E-state index contributed by atoms with van der Waals surface area (Å²) in [5.74, 6) is -1.22. The van der Waals surface area contributed by atoms with Crippen LogP contribution >= 0.6 is 11.6 Å². The quantitative estimate of drug-likeness (QED) is 0.395. The van der Waals surface area contributed by atoms with E-state index in [0.717, 1.165) is 0 Å². The van der Waals surface area contributed by atoms with Gasteiger partial charge in [0.2, 0.25) is 11.0 Å². The second-order valence-corrected chi connectivity index (χ2v) is 3.05. The monoisotopic (exact) mass is 202 g/mol. The van der Waals surface area contributed by atoms with Gasteiger partial charge in [-0.2, -0.15) is 0 Å². The molecule has 4 heteroatoms. The molecule has 0 spiro atoms. The molecular formula is C9H11ClO3. The molecule has 13 heavy (non-hydrogen) atoms. The second kappa shape index (κ2) is 4.05. The van der Waals surface area contributed by atoms with Crippen LogP contribution in [-0.4, -0.2) is 25.2 Å². The Morgan fingerprint density at radius 1 is 1.31 bits per heavy atom. The zero-order valence-corrected chi connectivity index (χ0v) is 8.25. The minimum absolute atomic E-state index is 0.375. The largest absolute Gasteiger partial charge is 0.346 e. The molecule has 0 aromatic carbocycles. The van der Waals surface area contributed by atoms with Crippen LogP contribution in [0.25, 0.3) is 0 Å². The molecule has 1 rings (SSSR count). The maximum atomic E-state index is 10.8. The normalized spacial score (nSPS) is 20.5. The van der Waals surface area contributed by atoms with Crippen molar-refractivity contribution >= 4 is 16.8 Å². The number of hydrogen-bond acceptors (Lipinski definition) is 3. The second-order valence-electron chi connectivity index (χ2n) is 2.68. The topological polar surface area (TPSA) is 35.5 Å². The summed E-state index contributed by atoms with van der Waals surface area (Å²) in [6.07, 6.45) is 6.64. The van der Waals surface area contributed by atoms with Crippen molar-refractivity contribution in [1.82, 2.24) is 0 Å². The molecule has 0 aromatic rings. The van der Waals surface area contributed by atoms with E-state index in [0.29, 0.717) is 0 Å². The van der Waals surface area contributed by atoms with E-state index in [1.165, 1.54) is 14.2 Å². The van der Waals surface area contributed by atoms with Crippen LogP contribution in [0.15, 0.2) is 24.3 Å². The van der Waals surface area contributed by atoms with Crippen molar-refractivity contribution in [2.75, 3.05) is 14.2 Å². The molecule has 0 atom stereocenters. The summed E-state index contributed by atoms with van der Waals surface area (Å²) in [5.41, 5.74) is 0. The number of methoxy groups -OCH3 is 2. The predicted octanol–water partition coefficient (Wildman–Crippen LogP) is 1.48. The van der Waals surface area contributed by atoms with E-state index in [2.05, 4.69) is 0 Å². The van der Waals surface area contributed by atoms with Crippen LogP contribution in [0.2, 0.25) is 0 Å². The van der Waals surface area contributed by atoms with Crippen LogP contribution in [0.1, 0.15) is 0 Å². The van der Waals surface area contributed by atoms with E-state index in [9.17, 15) is 4.79 Å². The SMILES string of the molecule is COC1(OC)C=CC(C(=O)Cl)C=C1. The Balaban J connectivity index is 2.77. The van der Waals surface area contributed by atoms with Gasteiger partial charge in [0, 0.05) is 14.2 Å². The van der Waals surface area contributed by atoms with Crippen LogP contribution in [-0.2, 0) is 14.3 Å². The average molecular weight is 203 g/mol. The molecule has 0 aromatic heterocycles. The molecule has 1 aliphatic rings. The van der Waals surface area contributed by atoms with Gasteiger partial charge in [0.1, 0.15) is 0 Å². The lowest BCUT2D eigenvalue weighted by molar-refractivity contribution is -0.134. The van der Waals surface area contributed by atoms with Crippen molar-refractivity contribution in [2.45, 2.75) is 5.79 Å². The Morgan fingerprint density at radius 3 is 2.08 bits per heavy atom. The first-order chi connectivity index (χ1) is 6.13. The Bertz CT molecular complexity index is 238. The van der Waals surface area contributed by atoms with Gasteiger partial charge in [-0.25, -0.2) is 0 Å². The molecule has 0 radical (unpaired) electrons. The fourth-order valence-electron chi connectivity index (χ4n) is 1.10. The standard InChI is InChI=1S/C9H11ClO3/c1-12-9(13-2)5-3-7(4-6-9)8(10)11/h3-7H,1-2H3. The van der Waals surface area contributed by atoms with E-state index in [-0.39, 0.29) is 5.92 Å². The van der Waals surface area contributed by atoms with Gasteiger partial charge < -0.3 is 9.47 Å². The summed E-state index contributed by atoms with van der Waals surface area (Å²) in [7, 11) is 3.06. The maximum Gasteiger partial charge on any atom is 0.232 e. The van der Waals surface area contributed by atoms with Crippen molar-refractivity contribution < 1.29 is 14.3 Å². The third-order valence-corrected chi connectivity index (χ3v) is 2.22. The maximum absolute atomic E-state index is 10.8.